The predicted molar refractivity (Wildman–Crippen MR) is 84.6 cm³/mol. The molecule has 0 saturated carbocycles. The van der Waals surface area contributed by atoms with Gasteiger partial charge in [-0.15, -0.1) is 0 Å². The number of hydrogen-bond donors (Lipinski definition) is 1. The van der Waals surface area contributed by atoms with Crippen LogP contribution < -0.4 is 4.90 Å². The van der Waals surface area contributed by atoms with Gasteiger partial charge in [-0.05, 0) is 48.6 Å². The molecule has 1 saturated heterocycles. The molecule has 21 heavy (non-hydrogen) atoms. The molecule has 2 unspecified atom stereocenters. The molecule has 0 spiro atoms. The highest BCUT2D eigenvalue weighted by atomic mass is 16.5. The van der Waals surface area contributed by atoms with Crippen molar-refractivity contribution in [1.29, 1.82) is 0 Å². The summed E-state index contributed by atoms with van der Waals surface area (Å²) in [5.41, 5.74) is 3.27. The van der Waals surface area contributed by atoms with E-state index in [4.69, 9.17) is 9.84 Å². The summed E-state index contributed by atoms with van der Waals surface area (Å²) in [4.78, 5) is 12.9. The van der Waals surface area contributed by atoms with Gasteiger partial charge in [-0.25, -0.2) is 4.79 Å². The van der Waals surface area contributed by atoms with E-state index in [1.54, 1.807) is 13.2 Å². The predicted octanol–water partition coefficient (Wildman–Crippen LogP) is 2.95. The number of aliphatic carboxylic acids is 1. The van der Waals surface area contributed by atoms with E-state index < -0.39 is 5.97 Å². The third-order valence-electron chi connectivity index (χ3n) is 4.17. The van der Waals surface area contributed by atoms with Crippen LogP contribution in [0.4, 0.5) is 5.69 Å². The fourth-order valence-corrected chi connectivity index (χ4v) is 2.86. The second-order valence-corrected chi connectivity index (χ2v) is 5.70. The largest absolute Gasteiger partial charge is 0.478 e. The third-order valence-corrected chi connectivity index (χ3v) is 4.17. The van der Waals surface area contributed by atoms with Crippen LogP contribution in [0.15, 0.2) is 24.3 Å². The summed E-state index contributed by atoms with van der Waals surface area (Å²) < 4.78 is 5.57. The lowest BCUT2D eigenvalue weighted by Crippen LogP contribution is -2.44. The van der Waals surface area contributed by atoms with Gasteiger partial charge in [-0.3, -0.25) is 0 Å². The SMILES string of the molecule is COC1CN(c2ccc(/C=C/C(=O)O)cc2C)CCC1C. The molecular weight excluding hydrogens is 266 g/mol. The van der Waals surface area contributed by atoms with E-state index in [9.17, 15) is 4.79 Å². The number of benzene rings is 1. The molecule has 1 heterocycles. The normalized spacial score (nSPS) is 22.7. The molecule has 1 fully saturated rings. The number of carboxylic acid groups (broad SMARTS) is 1. The Morgan fingerprint density at radius 3 is 2.86 bits per heavy atom. The number of carboxylic acids is 1. The number of nitrogens with zero attached hydrogens (tertiary/aromatic N) is 1. The molecule has 1 aliphatic rings. The highest BCUT2D eigenvalue weighted by molar-refractivity contribution is 5.85. The molecule has 0 bridgehead atoms. The van der Waals surface area contributed by atoms with Gasteiger partial charge in [-0.2, -0.15) is 0 Å². The van der Waals surface area contributed by atoms with Gasteiger partial charge in [0.15, 0.2) is 0 Å². The van der Waals surface area contributed by atoms with Crippen LogP contribution in [0.2, 0.25) is 0 Å². The number of hydrogen-bond acceptors (Lipinski definition) is 3. The van der Waals surface area contributed by atoms with Crippen molar-refractivity contribution in [3.05, 3.63) is 35.4 Å². The van der Waals surface area contributed by atoms with Crippen molar-refractivity contribution >= 4 is 17.7 Å². The van der Waals surface area contributed by atoms with E-state index in [1.807, 2.05) is 12.1 Å². The standard InChI is InChI=1S/C17H23NO3/c1-12-8-9-18(11-16(12)21-3)15-6-4-14(10-13(15)2)5-7-17(19)20/h4-7,10,12,16H,8-9,11H2,1-3H3,(H,19,20)/b7-5+. The highest BCUT2D eigenvalue weighted by Crippen LogP contribution is 2.28. The van der Waals surface area contributed by atoms with Crippen molar-refractivity contribution < 1.29 is 14.6 Å². The number of anilines is 1. The molecule has 0 amide bonds. The topological polar surface area (TPSA) is 49.8 Å². The van der Waals surface area contributed by atoms with Crippen molar-refractivity contribution in [1.82, 2.24) is 0 Å². The van der Waals surface area contributed by atoms with Crippen LogP contribution in [0, 0.1) is 12.8 Å². The number of rotatable bonds is 4. The van der Waals surface area contributed by atoms with Crippen LogP contribution in [0.1, 0.15) is 24.5 Å². The summed E-state index contributed by atoms with van der Waals surface area (Å²) in [6, 6.07) is 6.05. The minimum absolute atomic E-state index is 0.268. The van der Waals surface area contributed by atoms with Crippen molar-refractivity contribution in [3.63, 3.8) is 0 Å². The second-order valence-electron chi connectivity index (χ2n) is 5.70. The van der Waals surface area contributed by atoms with E-state index in [-0.39, 0.29) is 6.10 Å². The zero-order chi connectivity index (χ0) is 15.4. The average molecular weight is 289 g/mol. The molecule has 2 atom stereocenters. The maximum atomic E-state index is 10.6. The number of methoxy groups -OCH3 is 1. The average Bonchev–Trinajstić information content (AvgIpc) is 2.46. The summed E-state index contributed by atoms with van der Waals surface area (Å²) in [7, 11) is 1.78. The van der Waals surface area contributed by atoms with Gasteiger partial charge in [0.25, 0.3) is 0 Å². The quantitative estimate of drug-likeness (QED) is 0.866. The summed E-state index contributed by atoms with van der Waals surface area (Å²) in [5.74, 6) is -0.339. The van der Waals surface area contributed by atoms with Crippen LogP contribution in [0.25, 0.3) is 6.08 Å². The minimum atomic E-state index is -0.926. The van der Waals surface area contributed by atoms with Gasteiger partial charge < -0.3 is 14.7 Å². The van der Waals surface area contributed by atoms with Crippen molar-refractivity contribution in [2.24, 2.45) is 5.92 Å². The minimum Gasteiger partial charge on any atom is -0.478 e. The Balaban J connectivity index is 2.15. The van der Waals surface area contributed by atoms with Gasteiger partial charge in [-0.1, -0.05) is 13.0 Å². The molecule has 0 aliphatic carbocycles. The fourth-order valence-electron chi connectivity index (χ4n) is 2.86. The molecular formula is C17H23NO3. The Morgan fingerprint density at radius 2 is 2.24 bits per heavy atom. The zero-order valence-electron chi connectivity index (χ0n) is 12.9. The summed E-state index contributed by atoms with van der Waals surface area (Å²) in [6.07, 6.45) is 4.18. The molecule has 4 nitrogen and oxygen atoms in total. The Bertz CT molecular complexity index is 539. The molecule has 114 valence electrons. The Labute approximate surface area is 126 Å². The summed E-state index contributed by atoms with van der Waals surface area (Å²) >= 11 is 0. The van der Waals surface area contributed by atoms with Gasteiger partial charge in [0.05, 0.1) is 6.10 Å². The van der Waals surface area contributed by atoms with E-state index in [2.05, 4.69) is 24.8 Å². The number of ether oxygens (including phenoxy) is 1. The van der Waals surface area contributed by atoms with Crippen molar-refractivity contribution in [3.8, 4) is 0 Å². The molecule has 2 rings (SSSR count). The fraction of sp³-hybridized carbons (Fsp3) is 0.471. The third kappa shape index (κ3) is 3.85. The molecule has 1 aromatic rings. The van der Waals surface area contributed by atoms with Crippen LogP contribution in [0.5, 0.6) is 0 Å². The van der Waals surface area contributed by atoms with E-state index in [0.717, 1.165) is 36.7 Å². The monoisotopic (exact) mass is 289 g/mol. The molecule has 1 aromatic carbocycles. The molecule has 0 aromatic heterocycles. The smallest absolute Gasteiger partial charge is 0.328 e. The number of carbonyl (C=O) groups is 1. The summed E-state index contributed by atoms with van der Waals surface area (Å²) in [6.45, 7) is 6.24. The van der Waals surface area contributed by atoms with E-state index in [1.165, 1.54) is 5.69 Å². The first kappa shape index (κ1) is 15.6. The van der Waals surface area contributed by atoms with Crippen LogP contribution >= 0.6 is 0 Å². The Morgan fingerprint density at radius 1 is 1.48 bits per heavy atom. The lowest BCUT2D eigenvalue weighted by Gasteiger charge is -2.38. The van der Waals surface area contributed by atoms with Crippen molar-refractivity contribution in [2.45, 2.75) is 26.4 Å². The lowest BCUT2D eigenvalue weighted by molar-refractivity contribution is -0.131. The van der Waals surface area contributed by atoms with E-state index in [0.29, 0.717) is 5.92 Å². The van der Waals surface area contributed by atoms with Crippen molar-refractivity contribution in [2.75, 3.05) is 25.1 Å². The Hall–Kier alpha value is -1.81. The zero-order valence-corrected chi connectivity index (χ0v) is 12.9. The molecule has 0 radical (unpaired) electrons. The first-order valence-corrected chi connectivity index (χ1v) is 7.30. The highest BCUT2D eigenvalue weighted by Gasteiger charge is 2.26. The number of piperidine rings is 1. The summed E-state index contributed by atoms with van der Waals surface area (Å²) in [5, 5.41) is 8.67. The van der Waals surface area contributed by atoms with Gasteiger partial charge >= 0.3 is 5.97 Å². The molecule has 1 aliphatic heterocycles. The lowest BCUT2D eigenvalue weighted by atomic mass is 9.94. The Kier molecular flexibility index (Phi) is 5.02. The van der Waals surface area contributed by atoms with Gasteiger partial charge in [0.2, 0.25) is 0 Å². The first-order valence-electron chi connectivity index (χ1n) is 7.30. The van der Waals surface area contributed by atoms with Gasteiger partial charge in [0.1, 0.15) is 0 Å². The molecule has 4 heteroatoms. The van der Waals surface area contributed by atoms with Gasteiger partial charge in [0, 0.05) is 32.0 Å². The maximum absolute atomic E-state index is 10.6. The van der Waals surface area contributed by atoms with Crippen LogP contribution in [-0.4, -0.2) is 37.4 Å². The maximum Gasteiger partial charge on any atom is 0.328 e. The number of aryl methyl sites for hydroxylation is 1. The van der Waals surface area contributed by atoms with Crippen LogP contribution in [-0.2, 0) is 9.53 Å². The molecule has 1 N–H and O–H groups in total. The first-order chi connectivity index (χ1) is 10.0. The van der Waals surface area contributed by atoms with Crippen LogP contribution in [0.3, 0.4) is 0 Å². The second kappa shape index (κ2) is 6.76. The van der Waals surface area contributed by atoms with E-state index >= 15 is 0 Å².